The van der Waals surface area contributed by atoms with Crippen LogP contribution in [0.15, 0.2) is 36.5 Å². The number of carboxylic acids is 1. The molecule has 0 aromatic rings. The molecule has 5 nitrogen and oxygen atoms in total. The highest BCUT2D eigenvalue weighted by atomic mass is 16.4. The minimum atomic E-state index is -1.23. The molecule has 0 spiro atoms. The number of allylic oxidation sites excluding steroid dienone is 5. The summed E-state index contributed by atoms with van der Waals surface area (Å²) in [4.78, 5) is 10.4. The molecule has 0 bridgehead atoms. The lowest BCUT2D eigenvalue weighted by Crippen LogP contribution is -2.36. The molecule has 3 atom stereocenters. The summed E-state index contributed by atoms with van der Waals surface area (Å²) >= 11 is 0. The van der Waals surface area contributed by atoms with Gasteiger partial charge < -0.3 is 20.4 Å². The van der Waals surface area contributed by atoms with Crippen molar-refractivity contribution in [1.29, 1.82) is 0 Å². The number of hydrogen-bond acceptors (Lipinski definition) is 4. The first kappa shape index (κ1) is 25.6. The van der Waals surface area contributed by atoms with Crippen LogP contribution in [0.1, 0.15) is 77.6 Å². The molecule has 0 aromatic heterocycles. The third-order valence-corrected chi connectivity index (χ3v) is 4.32. The van der Waals surface area contributed by atoms with Gasteiger partial charge >= 0.3 is 5.97 Å². The number of hydrogen-bond donors (Lipinski definition) is 4. The van der Waals surface area contributed by atoms with Gasteiger partial charge in [-0.25, -0.2) is 0 Å². The van der Waals surface area contributed by atoms with Crippen LogP contribution in [0.25, 0.3) is 0 Å². The smallest absolute Gasteiger partial charge is 0.303 e. The van der Waals surface area contributed by atoms with Crippen LogP contribution in [0.3, 0.4) is 0 Å². The summed E-state index contributed by atoms with van der Waals surface area (Å²) in [6, 6.07) is 0. The fraction of sp³-hybridized carbons (Fsp3) is 0.682. The molecule has 0 rings (SSSR count). The van der Waals surface area contributed by atoms with E-state index in [1.165, 1.54) is 25.3 Å². The summed E-state index contributed by atoms with van der Waals surface area (Å²) in [6.07, 6.45) is 17.1. The van der Waals surface area contributed by atoms with Crippen LogP contribution in [-0.2, 0) is 4.79 Å². The van der Waals surface area contributed by atoms with Gasteiger partial charge in [-0.05, 0) is 38.5 Å². The van der Waals surface area contributed by atoms with Gasteiger partial charge in [0.2, 0.25) is 0 Å². The molecule has 0 aliphatic carbocycles. The summed E-state index contributed by atoms with van der Waals surface area (Å²) in [5, 5.41) is 38.3. The maximum absolute atomic E-state index is 10.4. The summed E-state index contributed by atoms with van der Waals surface area (Å²) in [5.74, 6) is -0.826. The topological polar surface area (TPSA) is 98.0 Å². The monoisotopic (exact) mass is 382 g/mol. The predicted octanol–water partition coefficient (Wildman–Crippen LogP) is 4.13. The Balaban J connectivity index is 3.84. The largest absolute Gasteiger partial charge is 0.481 e. The summed E-state index contributed by atoms with van der Waals surface area (Å²) in [7, 11) is 0. The van der Waals surface area contributed by atoms with E-state index in [1.807, 2.05) is 6.08 Å². The molecule has 27 heavy (non-hydrogen) atoms. The Morgan fingerprint density at radius 2 is 1.52 bits per heavy atom. The molecule has 0 aliphatic heterocycles. The van der Waals surface area contributed by atoms with Gasteiger partial charge in [0, 0.05) is 6.42 Å². The lowest BCUT2D eigenvalue weighted by molar-refractivity contribution is -0.137. The van der Waals surface area contributed by atoms with Gasteiger partial charge in [0.25, 0.3) is 0 Å². The van der Waals surface area contributed by atoms with Crippen molar-refractivity contribution in [2.45, 2.75) is 95.9 Å². The van der Waals surface area contributed by atoms with Crippen LogP contribution in [-0.4, -0.2) is 44.7 Å². The van der Waals surface area contributed by atoms with Gasteiger partial charge in [-0.2, -0.15) is 0 Å². The van der Waals surface area contributed by atoms with E-state index in [0.717, 1.165) is 12.8 Å². The highest BCUT2D eigenvalue weighted by Crippen LogP contribution is 2.11. The van der Waals surface area contributed by atoms with Crippen LogP contribution in [0.4, 0.5) is 0 Å². The van der Waals surface area contributed by atoms with Gasteiger partial charge in [-0.3, -0.25) is 4.79 Å². The SMILES string of the molecule is CCCCC/C=C\C/C=C\C/C=C\C(O)C(O)C(O)CCCCCC(=O)O. The summed E-state index contributed by atoms with van der Waals surface area (Å²) in [6.45, 7) is 2.20. The number of rotatable bonds is 17. The van der Waals surface area contributed by atoms with Crippen molar-refractivity contribution in [3.63, 3.8) is 0 Å². The Morgan fingerprint density at radius 1 is 0.852 bits per heavy atom. The quantitative estimate of drug-likeness (QED) is 0.224. The molecule has 156 valence electrons. The van der Waals surface area contributed by atoms with Crippen LogP contribution in [0.2, 0.25) is 0 Å². The van der Waals surface area contributed by atoms with E-state index in [-0.39, 0.29) is 6.42 Å². The van der Waals surface area contributed by atoms with E-state index in [2.05, 4.69) is 25.2 Å². The highest BCUT2D eigenvalue weighted by molar-refractivity contribution is 5.66. The molecule has 0 amide bonds. The first-order valence-electron chi connectivity index (χ1n) is 10.2. The molecule has 5 heteroatoms. The minimum absolute atomic E-state index is 0.117. The van der Waals surface area contributed by atoms with Gasteiger partial charge in [0.15, 0.2) is 0 Å². The predicted molar refractivity (Wildman–Crippen MR) is 110 cm³/mol. The lowest BCUT2D eigenvalue weighted by atomic mass is 10.0. The van der Waals surface area contributed by atoms with Gasteiger partial charge in [-0.15, -0.1) is 0 Å². The van der Waals surface area contributed by atoms with Crippen molar-refractivity contribution in [2.24, 2.45) is 0 Å². The molecule has 0 heterocycles. The van der Waals surface area contributed by atoms with Crippen LogP contribution < -0.4 is 0 Å². The van der Waals surface area contributed by atoms with Crippen molar-refractivity contribution in [1.82, 2.24) is 0 Å². The molecule has 0 radical (unpaired) electrons. The maximum Gasteiger partial charge on any atom is 0.303 e. The average Bonchev–Trinajstić information content (AvgIpc) is 2.64. The first-order chi connectivity index (χ1) is 13.0. The molecular weight excluding hydrogens is 344 g/mol. The Labute approximate surface area is 164 Å². The normalized spacial score (nSPS) is 15.7. The van der Waals surface area contributed by atoms with Gasteiger partial charge in [0.05, 0.1) is 6.10 Å². The molecule has 0 saturated carbocycles. The zero-order valence-electron chi connectivity index (χ0n) is 16.7. The van der Waals surface area contributed by atoms with Crippen LogP contribution in [0, 0.1) is 0 Å². The second-order valence-electron chi connectivity index (χ2n) is 6.88. The zero-order valence-corrected chi connectivity index (χ0v) is 16.7. The van der Waals surface area contributed by atoms with E-state index in [1.54, 1.807) is 6.08 Å². The fourth-order valence-corrected chi connectivity index (χ4v) is 2.61. The molecule has 0 aliphatic rings. The standard InChI is InChI=1S/C22H38O5/c1-2-3-4-5-6-7-8-9-10-11-13-16-19(23)22(27)20(24)17-14-12-15-18-21(25)26/h6-7,9-10,13,16,19-20,22-24,27H,2-5,8,11-12,14-15,17-18H2,1H3,(H,25,26)/b7-6-,10-9-,16-13-. The third kappa shape index (κ3) is 16.5. The molecule has 3 unspecified atom stereocenters. The number of aliphatic hydroxyl groups excluding tert-OH is 3. The van der Waals surface area contributed by atoms with Crippen molar-refractivity contribution >= 4 is 5.97 Å². The number of aliphatic hydroxyl groups is 3. The molecule has 0 saturated heterocycles. The number of carboxylic acid groups (broad SMARTS) is 1. The van der Waals surface area contributed by atoms with E-state index in [4.69, 9.17) is 5.11 Å². The molecule has 0 fully saturated rings. The van der Waals surface area contributed by atoms with E-state index in [0.29, 0.717) is 32.1 Å². The Hall–Kier alpha value is -1.43. The van der Waals surface area contributed by atoms with Crippen LogP contribution >= 0.6 is 0 Å². The second-order valence-corrected chi connectivity index (χ2v) is 6.88. The molecule has 4 N–H and O–H groups in total. The number of aliphatic carboxylic acids is 1. The highest BCUT2D eigenvalue weighted by Gasteiger charge is 2.22. The number of unbranched alkanes of at least 4 members (excludes halogenated alkanes) is 5. The average molecular weight is 383 g/mol. The van der Waals surface area contributed by atoms with Crippen molar-refractivity contribution in [2.75, 3.05) is 0 Å². The summed E-state index contributed by atoms with van der Waals surface area (Å²) in [5.41, 5.74) is 0. The Morgan fingerprint density at radius 3 is 2.19 bits per heavy atom. The maximum atomic E-state index is 10.4. The summed E-state index contributed by atoms with van der Waals surface area (Å²) < 4.78 is 0. The van der Waals surface area contributed by atoms with Crippen molar-refractivity contribution in [3.05, 3.63) is 36.5 Å². The van der Waals surface area contributed by atoms with E-state index >= 15 is 0 Å². The molecular formula is C22H38O5. The first-order valence-corrected chi connectivity index (χ1v) is 10.2. The van der Waals surface area contributed by atoms with E-state index in [9.17, 15) is 20.1 Å². The van der Waals surface area contributed by atoms with Crippen molar-refractivity contribution in [3.8, 4) is 0 Å². The minimum Gasteiger partial charge on any atom is -0.481 e. The lowest BCUT2D eigenvalue weighted by Gasteiger charge is -2.20. The van der Waals surface area contributed by atoms with Crippen molar-refractivity contribution < 1.29 is 25.2 Å². The van der Waals surface area contributed by atoms with Gasteiger partial charge in [0.1, 0.15) is 12.2 Å². The van der Waals surface area contributed by atoms with E-state index < -0.39 is 24.3 Å². The number of carbonyl (C=O) groups is 1. The molecule has 0 aromatic carbocycles. The van der Waals surface area contributed by atoms with Crippen LogP contribution in [0.5, 0.6) is 0 Å². The van der Waals surface area contributed by atoms with Gasteiger partial charge in [-0.1, -0.05) is 69.1 Å². The third-order valence-electron chi connectivity index (χ3n) is 4.32. The second kappa shape index (κ2) is 18.0. The fourth-order valence-electron chi connectivity index (χ4n) is 2.61. The Bertz CT molecular complexity index is 442. The Kier molecular flexibility index (Phi) is 17.0. The zero-order chi connectivity index (χ0) is 20.3.